The van der Waals surface area contributed by atoms with Gasteiger partial charge in [-0.15, -0.1) is 0 Å². The molecular weight excluding hydrogens is 268 g/mol. The number of nitrogens with zero attached hydrogens (tertiary/aromatic N) is 3. The molecule has 21 heavy (non-hydrogen) atoms. The lowest BCUT2D eigenvalue weighted by atomic mass is 9.93. The van der Waals surface area contributed by atoms with Gasteiger partial charge in [0.05, 0.1) is 17.9 Å². The first kappa shape index (κ1) is 14.0. The number of amides is 1. The predicted octanol–water partition coefficient (Wildman–Crippen LogP) is 1.66. The second-order valence-corrected chi connectivity index (χ2v) is 5.59. The summed E-state index contributed by atoms with van der Waals surface area (Å²) in [6.45, 7) is 0. The third kappa shape index (κ3) is 2.90. The van der Waals surface area contributed by atoms with Crippen LogP contribution in [0, 0.1) is 0 Å². The fraction of sp³-hybridized carbons (Fsp3) is 0.533. The third-order valence-corrected chi connectivity index (χ3v) is 4.18. The smallest absolute Gasteiger partial charge is 0.253 e. The summed E-state index contributed by atoms with van der Waals surface area (Å²) >= 11 is 0. The van der Waals surface area contributed by atoms with Crippen molar-refractivity contribution in [1.29, 1.82) is 0 Å². The van der Waals surface area contributed by atoms with Gasteiger partial charge in [0.15, 0.2) is 5.65 Å². The number of ether oxygens (including phenoxy) is 1. The number of carbonyl (C=O) groups excluding carboxylic acids is 1. The summed E-state index contributed by atoms with van der Waals surface area (Å²) in [6.07, 6.45) is 7.61. The largest absolute Gasteiger partial charge is 0.381 e. The van der Waals surface area contributed by atoms with Gasteiger partial charge in [-0.1, -0.05) is 0 Å². The van der Waals surface area contributed by atoms with E-state index in [0.717, 1.165) is 36.7 Å². The molecule has 0 bridgehead atoms. The number of aryl methyl sites for hydroxylation is 1. The monoisotopic (exact) mass is 288 g/mol. The molecule has 0 radical (unpaired) electrons. The third-order valence-electron chi connectivity index (χ3n) is 4.18. The molecule has 3 rings (SSSR count). The van der Waals surface area contributed by atoms with Crippen LogP contribution in [0.3, 0.4) is 0 Å². The minimum Gasteiger partial charge on any atom is -0.381 e. The van der Waals surface area contributed by atoms with Gasteiger partial charge in [-0.2, -0.15) is 5.10 Å². The molecule has 1 aliphatic carbocycles. The van der Waals surface area contributed by atoms with E-state index >= 15 is 0 Å². The van der Waals surface area contributed by atoms with Gasteiger partial charge in [-0.25, -0.2) is 4.98 Å². The van der Waals surface area contributed by atoms with Crippen molar-refractivity contribution in [3.05, 3.63) is 24.0 Å². The highest BCUT2D eigenvalue weighted by Crippen LogP contribution is 2.21. The van der Waals surface area contributed by atoms with Crippen molar-refractivity contribution in [2.24, 2.45) is 7.05 Å². The van der Waals surface area contributed by atoms with E-state index in [1.807, 2.05) is 13.1 Å². The van der Waals surface area contributed by atoms with Crippen LogP contribution in [-0.2, 0) is 11.8 Å². The highest BCUT2D eigenvalue weighted by Gasteiger charge is 2.22. The predicted molar refractivity (Wildman–Crippen MR) is 79.0 cm³/mol. The first-order valence-corrected chi connectivity index (χ1v) is 7.29. The van der Waals surface area contributed by atoms with Crippen molar-refractivity contribution in [3.63, 3.8) is 0 Å². The molecule has 1 aliphatic rings. The Balaban J connectivity index is 1.67. The van der Waals surface area contributed by atoms with Crippen molar-refractivity contribution in [3.8, 4) is 0 Å². The van der Waals surface area contributed by atoms with Gasteiger partial charge >= 0.3 is 0 Å². The van der Waals surface area contributed by atoms with E-state index in [2.05, 4.69) is 15.4 Å². The molecule has 1 saturated carbocycles. The van der Waals surface area contributed by atoms with Crippen LogP contribution in [0.25, 0.3) is 11.0 Å². The molecule has 6 heteroatoms. The topological polar surface area (TPSA) is 69.0 Å². The van der Waals surface area contributed by atoms with Crippen molar-refractivity contribution >= 4 is 16.9 Å². The number of carbonyl (C=O) groups is 1. The average Bonchev–Trinajstić information content (AvgIpc) is 2.89. The van der Waals surface area contributed by atoms with E-state index in [4.69, 9.17) is 4.74 Å². The number of methoxy groups -OCH3 is 1. The van der Waals surface area contributed by atoms with Gasteiger partial charge in [-0.05, 0) is 31.7 Å². The minimum atomic E-state index is -0.0610. The lowest BCUT2D eigenvalue weighted by Gasteiger charge is -2.28. The number of fused-ring (bicyclic) bond motifs is 1. The fourth-order valence-electron chi connectivity index (χ4n) is 2.88. The molecule has 2 heterocycles. The van der Waals surface area contributed by atoms with Gasteiger partial charge in [0.25, 0.3) is 5.91 Å². The van der Waals surface area contributed by atoms with E-state index in [1.165, 1.54) is 0 Å². The summed E-state index contributed by atoms with van der Waals surface area (Å²) in [5.41, 5.74) is 1.37. The number of aromatic nitrogens is 3. The molecule has 0 saturated heterocycles. The summed E-state index contributed by atoms with van der Waals surface area (Å²) in [7, 11) is 3.59. The van der Waals surface area contributed by atoms with Crippen LogP contribution in [0.15, 0.2) is 18.5 Å². The first-order valence-electron chi connectivity index (χ1n) is 7.29. The molecule has 112 valence electrons. The Labute approximate surface area is 123 Å². The summed E-state index contributed by atoms with van der Waals surface area (Å²) in [6, 6.07) is 2.07. The molecule has 2 aromatic heterocycles. The zero-order chi connectivity index (χ0) is 14.8. The summed E-state index contributed by atoms with van der Waals surface area (Å²) in [5, 5.41) is 8.11. The van der Waals surface area contributed by atoms with Crippen LogP contribution in [-0.4, -0.2) is 39.9 Å². The Kier molecular flexibility index (Phi) is 3.88. The Bertz CT molecular complexity index is 644. The van der Waals surface area contributed by atoms with Gasteiger partial charge < -0.3 is 10.1 Å². The summed E-state index contributed by atoms with van der Waals surface area (Å²) in [4.78, 5) is 16.6. The molecule has 1 N–H and O–H groups in total. The lowest BCUT2D eigenvalue weighted by molar-refractivity contribution is 0.0599. The van der Waals surface area contributed by atoms with Crippen LogP contribution in [0.1, 0.15) is 36.0 Å². The van der Waals surface area contributed by atoms with Crippen LogP contribution >= 0.6 is 0 Å². The van der Waals surface area contributed by atoms with Gasteiger partial charge in [-0.3, -0.25) is 9.48 Å². The molecule has 6 nitrogen and oxygen atoms in total. The highest BCUT2D eigenvalue weighted by molar-refractivity contribution is 5.96. The number of pyridine rings is 1. The Hall–Kier alpha value is -1.95. The summed E-state index contributed by atoms with van der Waals surface area (Å²) in [5.74, 6) is -0.0610. The van der Waals surface area contributed by atoms with Crippen LogP contribution < -0.4 is 5.32 Å². The fourth-order valence-corrected chi connectivity index (χ4v) is 2.88. The van der Waals surface area contributed by atoms with Gasteiger partial charge in [0.1, 0.15) is 0 Å². The van der Waals surface area contributed by atoms with Crippen LogP contribution in [0.2, 0.25) is 0 Å². The van der Waals surface area contributed by atoms with Crippen LogP contribution in [0.5, 0.6) is 0 Å². The molecule has 0 spiro atoms. The molecule has 1 amide bonds. The Morgan fingerprint density at radius 3 is 2.81 bits per heavy atom. The van der Waals surface area contributed by atoms with Crippen molar-refractivity contribution in [2.45, 2.75) is 37.8 Å². The first-order chi connectivity index (χ1) is 10.2. The molecular formula is C15H20N4O2. The van der Waals surface area contributed by atoms with Gasteiger partial charge in [0.2, 0.25) is 0 Å². The number of rotatable bonds is 3. The van der Waals surface area contributed by atoms with Crippen molar-refractivity contribution < 1.29 is 9.53 Å². The highest BCUT2D eigenvalue weighted by atomic mass is 16.5. The number of hydrogen-bond acceptors (Lipinski definition) is 4. The maximum atomic E-state index is 12.3. The van der Waals surface area contributed by atoms with Crippen molar-refractivity contribution in [1.82, 2.24) is 20.1 Å². The number of hydrogen-bond donors (Lipinski definition) is 1. The molecule has 2 aromatic rings. The SMILES string of the molecule is COC1CCC(NC(=O)c2cnc3c(cnn3C)c2)CC1. The molecule has 0 aliphatic heterocycles. The van der Waals surface area contributed by atoms with E-state index in [9.17, 15) is 4.79 Å². The van der Waals surface area contributed by atoms with E-state index < -0.39 is 0 Å². The lowest BCUT2D eigenvalue weighted by Crippen LogP contribution is -2.38. The van der Waals surface area contributed by atoms with Gasteiger partial charge in [0, 0.05) is 31.8 Å². The summed E-state index contributed by atoms with van der Waals surface area (Å²) < 4.78 is 7.05. The molecule has 0 atom stereocenters. The quantitative estimate of drug-likeness (QED) is 0.932. The molecule has 1 fully saturated rings. The van der Waals surface area contributed by atoms with E-state index in [1.54, 1.807) is 24.2 Å². The average molecular weight is 288 g/mol. The van der Waals surface area contributed by atoms with E-state index in [0.29, 0.717) is 11.7 Å². The van der Waals surface area contributed by atoms with Crippen molar-refractivity contribution in [2.75, 3.05) is 7.11 Å². The molecule has 0 aromatic carbocycles. The van der Waals surface area contributed by atoms with E-state index in [-0.39, 0.29) is 11.9 Å². The Morgan fingerprint density at radius 1 is 1.33 bits per heavy atom. The normalized spacial score (nSPS) is 22.4. The Morgan fingerprint density at radius 2 is 2.10 bits per heavy atom. The zero-order valence-corrected chi connectivity index (χ0v) is 12.4. The van der Waals surface area contributed by atoms with Crippen LogP contribution in [0.4, 0.5) is 0 Å². The minimum absolute atomic E-state index is 0.0610. The maximum Gasteiger partial charge on any atom is 0.253 e. The standard InChI is InChI=1S/C15H20N4O2/c1-19-14-10(9-17-19)7-11(8-16-14)15(20)18-12-3-5-13(21-2)6-4-12/h7-9,12-13H,3-6H2,1-2H3,(H,18,20). The second kappa shape index (κ2) is 5.81. The maximum absolute atomic E-state index is 12.3. The number of nitrogens with one attached hydrogen (secondary N) is 1. The zero-order valence-electron chi connectivity index (χ0n) is 12.4. The molecule has 0 unspecified atom stereocenters. The second-order valence-electron chi connectivity index (χ2n) is 5.59.